The van der Waals surface area contributed by atoms with Crippen LogP contribution in [0.1, 0.15) is 18.1 Å². The van der Waals surface area contributed by atoms with Gasteiger partial charge in [-0.05, 0) is 55.5 Å². The van der Waals surface area contributed by atoms with E-state index in [2.05, 4.69) is 0 Å². The van der Waals surface area contributed by atoms with E-state index < -0.39 is 5.97 Å². The molecular formula is C18H19ClN2O4. The highest BCUT2D eigenvalue weighted by atomic mass is 35.5. The molecule has 25 heavy (non-hydrogen) atoms. The Bertz CT molecular complexity index is 801. The molecule has 0 aliphatic rings. The lowest BCUT2D eigenvalue weighted by Crippen LogP contribution is -2.12. The minimum Gasteiger partial charge on any atom is -0.507 e. The molecule has 0 aromatic heterocycles. The maximum absolute atomic E-state index is 12.1. The summed E-state index contributed by atoms with van der Waals surface area (Å²) >= 11 is 0. The van der Waals surface area contributed by atoms with Crippen molar-refractivity contribution in [3.8, 4) is 17.2 Å². The van der Waals surface area contributed by atoms with Gasteiger partial charge in [0.25, 0.3) is 0 Å². The van der Waals surface area contributed by atoms with E-state index in [-0.39, 0.29) is 24.0 Å². The van der Waals surface area contributed by atoms with E-state index in [0.29, 0.717) is 28.2 Å². The fourth-order valence-corrected chi connectivity index (χ4v) is 1.96. The molecule has 6 nitrogen and oxygen atoms in total. The molecule has 2 aromatic rings. The highest BCUT2D eigenvalue weighted by molar-refractivity contribution is 5.96. The number of esters is 1. The molecule has 0 unspecified atom stereocenters. The fraction of sp³-hybridized carbons (Fsp3) is 0.111. The summed E-state index contributed by atoms with van der Waals surface area (Å²) in [7, 11) is 1.52. The van der Waals surface area contributed by atoms with Gasteiger partial charge in [-0.15, -0.1) is 12.4 Å². The maximum Gasteiger partial charge on any atom is 0.339 e. The smallest absolute Gasteiger partial charge is 0.339 e. The number of nitrogens with two attached hydrogens (primary N) is 1. The zero-order chi connectivity index (χ0) is 17.7. The number of nitrogen functional groups attached to an aromatic ring is 1. The molecule has 0 heterocycles. The van der Waals surface area contributed by atoms with Gasteiger partial charge in [-0.25, -0.2) is 4.79 Å². The van der Waals surface area contributed by atoms with Crippen LogP contribution in [0.3, 0.4) is 0 Å². The van der Waals surface area contributed by atoms with Gasteiger partial charge in [0.1, 0.15) is 23.1 Å². The van der Waals surface area contributed by atoms with E-state index >= 15 is 0 Å². The number of aromatic hydroxyl groups is 1. The largest absolute Gasteiger partial charge is 0.507 e. The summed E-state index contributed by atoms with van der Waals surface area (Å²) in [6.07, 6.45) is 1.52. The fourth-order valence-electron chi connectivity index (χ4n) is 1.96. The number of phenols is 1. The Kier molecular flexibility index (Phi) is 7.02. The van der Waals surface area contributed by atoms with E-state index in [9.17, 15) is 9.90 Å². The molecule has 132 valence electrons. The number of carbonyl (C=O) groups excluding carboxylic acids is 1. The van der Waals surface area contributed by atoms with Crippen molar-refractivity contribution in [2.75, 3.05) is 7.11 Å². The number of nitrogens with one attached hydrogen (secondary N) is 1. The highest BCUT2D eigenvalue weighted by Crippen LogP contribution is 2.25. The van der Waals surface area contributed by atoms with E-state index in [0.717, 1.165) is 0 Å². The third-order valence-corrected chi connectivity index (χ3v) is 3.30. The molecule has 0 atom stereocenters. The molecule has 0 bridgehead atoms. The number of carbonyl (C=O) groups is 1. The average molecular weight is 363 g/mol. The lowest BCUT2D eigenvalue weighted by Gasteiger charge is -2.07. The Morgan fingerprint density at radius 3 is 2.32 bits per heavy atom. The number of amidine groups is 1. The van der Waals surface area contributed by atoms with Gasteiger partial charge in [-0.1, -0.05) is 0 Å². The van der Waals surface area contributed by atoms with Crippen molar-refractivity contribution in [1.82, 2.24) is 0 Å². The van der Waals surface area contributed by atoms with Crippen LogP contribution in [-0.2, 0) is 4.79 Å². The number of halogens is 1. The van der Waals surface area contributed by atoms with Gasteiger partial charge in [-0.3, -0.25) is 5.41 Å². The Morgan fingerprint density at radius 2 is 1.76 bits per heavy atom. The van der Waals surface area contributed by atoms with Crippen LogP contribution >= 0.6 is 12.4 Å². The third kappa shape index (κ3) is 5.26. The van der Waals surface area contributed by atoms with Crippen LogP contribution in [0.15, 0.2) is 48.0 Å². The molecule has 0 spiro atoms. The number of methoxy groups -OCH3 is 1. The number of rotatable bonds is 5. The van der Waals surface area contributed by atoms with E-state index in [1.807, 2.05) is 0 Å². The molecular weight excluding hydrogens is 344 g/mol. The minimum atomic E-state index is -0.548. The number of ether oxygens (including phenoxy) is 2. The average Bonchev–Trinajstić information content (AvgIpc) is 2.57. The molecule has 0 aliphatic heterocycles. The third-order valence-electron chi connectivity index (χ3n) is 3.30. The van der Waals surface area contributed by atoms with Crippen molar-refractivity contribution in [1.29, 1.82) is 5.41 Å². The monoisotopic (exact) mass is 362 g/mol. The van der Waals surface area contributed by atoms with E-state index in [4.69, 9.17) is 20.6 Å². The molecule has 0 amide bonds. The van der Waals surface area contributed by atoms with E-state index in [1.54, 1.807) is 43.3 Å². The second-order valence-corrected chi connectivity index (χ2v) is 5.08. The van der Waals surface area contributed by atoms with Crippen molar-refractivity contribution in [3.63, 3.8) is 0 Å². The molecule has 0 saturated carbocycles. The summed E-state index contributed by atoms with van der Waals surface area (Å²) in [4.78, 5) is 12.1. The molecule has 2 aromatic carbocycles. The molecule has 0 aliphatic carbocycles. The van der Waals surface area contributed by atoms with Gasteiger partial charge >= 0.3 is 5.97 Å². The van der Waals surface area contributed by atoms with Gasteiger partial charge in [0, 0.05) is 16.7 Å². The van der Waals surface area contributed by atoms with Crippen LogP contribution in [0.25, 0.3) is 6.08 Å². The number of phenolic OH excluding ortho intramolecular Hbond substituents is 1. The Balaban J connectivity index is 0.00000312. The van der Waals surface area contributed by atoms with Crippen LogP contribution < -0.4 is 15.2 Å². The van der Waals surface area contributed by atoms with Gasteiger partial charge < -0.3 is 20.3 Å². The number of hydrogen-bond acceptors (Lipinski definition) is 5. The summed E-state index contributed by atoms with van der Waals surface area (Å²) in [5.74, 6) is 0.340. The Morgan fingerprint density at radius 1 is 1.16 bits per heavy atom. The zero-order valence-corrected chi connectivity index (χ0v) is 14.6. The van der Waals surface area contributed by atoms with Crippen molar-refractivity contribution >= 4 is 30.3 Å². The summed E-state index contributed by atoms with van der Waals surface area (Å²) in [5.41, 5.74) is 6.68. The molecule has 0 fully saturated rings. The van der Waals surface area contributed by atoms with Crippen molar-refractivity contribution in [2.24, 2.45) is 5.73 Å². The molecule has 4 N–H and O–H groups in total. The first-order valence-electron chi connectivity index (χ1n) is 7.12. The van der Waals surface area contributed by atoms with Gasteiger partial charge in [-0.2, -0.15) is 0 Å². The lowest BCUT2D eigenvalue weighted by atomic mass is 10.1. The predicted octanol–water partition coefficient (Wildman–Crippen LogP) is 3.12. The predicted molar refractivity (Wildman–Crippen MR) is 98.7 cm³/mol. The number of benzene rings is 2. The maximum atomic E-state index is 12.1. The quantitative estimate of drug-likeness (QED) is 0.249. The molecule has 2 rings (SSSR count). The molecule has 0 radical (unpaired) electrons. The van der Waals surface area contributed by atoms with Gasteiger partial charge in [0.2, 0.25) is 0 Å². The van der Waals surface area contributed by atoms with Crippen molar-refractivity contribution in [3.05, 3.63) is 59.2 Å². The summed E-state index contributed by atoms with van der Waals surface area (Å²) in [6.45, 7) is 1.59. The van der Waals surface area contributed by atoms with Crippen LogP contribution in [-0.4, -0.2) is 24.0 Å². The van der Waals surface area contributed by atoms with Crippen molar-refractivity contribution in [2.45, 2.75) is 6.92 Å². The second-order valence-electron chi connectivity index (χ2n) is 5.08. The Labute approximate surface area is 151 Å². The summed E-state index contributed by atoms with van der Waals surface area (Å²) in [6, 6.07) is 11.0. The second kappa shape index (κ2) is 8.75. The van der Waals surface area contributed by atoms with E-state index in [1.165, 1.54) is 19.3 Å². The standard InChI is InChI=1S/C18H18N2O4.ClH/c1-11(9-13-10-15(23-2)7-8-16(13)21)18(22)24-14-5-3-12(4-6-14)17(19)20;/h3-10,21H,1-2H3,(H3,19,20);1H/b11-9+;. The summed E-state index contributed by atoms with van der Waals surface area (Å²) < 4.78 is 10.3. The minimum absolute atomic E-state index is 0. The van der Waals surface area contributed by atoms with Gasteiger partial charge in [0.15, 0.2) is 0 Å². The number of hydrogen-bond donors (Lipinski definition) is 3. The normalized spacial score (nSPS) is 10.6. The van der Waals surface area contributed by atoms with Crippen LogP contribution in [0.5, 0.6) is 17.2 Å². The SMILES string of the molecule is COc1ccc(O)c(/C=C(\C)C(=O)Oc2ccc(C(=N)N)cc2)c1.Cl. The molecule has 0 saturated heterocycles. The van der Waals surface area contributed by atoms with Crippen LogP contribution in [0.2, 0.25) is 0 Å². The van der Waals surface area contributed by atoms with Crippen LogP contribution in [0, 0.1) is 5.41 Å². The van der Waals surface area contributed by atoms with Crippen LogP contribution in [0.4, 0.5) is 0 Å². The first kappa shape index (κ1) is 20.1. The first-order valence-corrected chi connectivity index (χ1v) is 7.12. The van der Waals surface area contributed by atoms with Crippen molar-refractivity contribution < 1.29 is 19.4 Å². The topological polar surface area (TPSA) is 106 Å². The first-order chi connectivity index (χ1) is 11.4. The highest BCUT2D eigenvalue weighted by Gasteiger charge is 2.10. The zero-order valence-electron chi connectivity index (χ0n) is 13.8. The van der Waals surface area contributed by atoms with Gasteiger partial charge in [0.05, 0.1) is 7.11 Å². The molecule has 7 heteroatoms. The lowest BCUT2D eigenvalue weighted by molar-refractivity contribution is -0.130. The Hall–Kier alpha value is -2.99. The summed E-state index contributed by atoms with van der Waals surface area (Å²) in [5, 5.41) is 17.2.